The second kappa shape index (κ2) is 7.40. The zero-order valence-electron chi connectivity index (χ0n) is 13.8. The molecular formula is C19H16ClNO4. The Bertz CT molecular complexity index is 859. The molecule has 0 fully saturated rings. The molecule has 3 rings (SSSR count). The van der Waals surface area contributed by atoms with Gasteiger partial charge in [0.05, 0.1) is 23.4 Å². The molecule has 0 aliphatic carbocycles. The van der Waals surface area contributed by atoms with Crippen LogP contribution >= 0.6 is 11.6 Å². The van der Waals surface area contributed by atoms with Gasteiger partial charge in [0.25, 0.3) is 0 Å². The van der Waals surface area contributed by atoms with E-state index in [9.17, 15) is 4.79 Å². The predicted molar refractivity (Wildman–Crippen MR) is 96.0 cm³/mol. The summed E-state index contributed by atoms with van der Waals surface area (Å²) in [7, 11) is 1.54. The Morgan fingerprint density at radius 1 is 1.24 bits per heavy atom. The van der Waals surface area contributed by atoms with Gasteiger partial charge in [-0.15, -0.1) is 0 Å². The molecule has 0 radical (unpaired) electrons. The van der Waals surface area contributed by atoms with Crippen molar-refractivity contribution < 1.29 is 19.1 Å². The van der Waals surface area contributed by atoms with Crippen LogP contribution in [0.1, 0.15) is 18.1 Å². The first-order valence-electron chi connectivity index (χ1n) is 7.60. The fourth-order valence-corrected chi connectivity index (χ4v) is 2.65. The van der Waals surface area contributed by atoms with Gasteiger partial charge in [0.1, 0.15) is 6.61 Å². The van der Waals surface area contributed by atoms with Gasteiger partial charge in [-0.05, 0) is 36.3 Å². The van der Waals surface area contributed by atoms with Crippen molar-refractivity contribution in [3.8, 4) is 11.5 Å². The molecule has 128 valence electrons. The van der Waals surface area contributed by atoms with E-state index in [2.05, 4.69) is 9.99 Å². The van der Waals surface area contributed by atoms with Crippen LogP contribution in [-0.2, 0) is 16.2 Å². The third-order valence-corrected chi connectivity index (χ3v) is 3.94. The molecule has 0 saturated carbocycles. The average molecular weight is 358 g/mol. The minimum Gasteiger partial charge on any atom is -0.493 e. The molecule has 0 atom stereocenters. The van der Waals surface area contributed by atoms with Gasteiger partial charge >= 0.3 is 5.97 Å². The lowest BCUT2D eigenvalue weighted by atomic mass is 10.1. The molecule has 6 heteroatoms. The Morgan fingerprint density at radius 2 is 2.00 bits per heavy atom. The largest absolute Gasteiger partial charge is 0.493 e. The summed E-state index contributed by atoms with van der Waals surface area (Å²) in [5.74, 6) is 0.447. The molecule has 1 heterocycles. The molecule has 5 nitrogen and oxygen atoms in total. The average Bonchev–Trinajstić information content (AvgIpc) is 2.93. The Balaban J connectivity index is 1.87. The first-order chi connectivity index (χ1) is 12.1. The van der Waals surface area contributed by atoms with Crippen molar-refractivity contribution >= 4 is 29.4 Å². The zero-order chi connectivity index (χ0) is 17.8. The van der Waals surface area contributed by atoms with Crippen LogP contribution in [0, 0.1) is 0 Å². The van der Waals surface area contributed by atoms with Crippen LogP contribution < -0.4 is 9.47 Å². The van der Waals surface area contributed by atoms with Gasteiger partial charge in [0.2, 0.25) is 0 Å². The first-order valence-corrected chi connectivity index (χ1v) is 7.98. The topological polar surface area (TPSA) is 57.1 Å². The lowest BCUT2D eigenvalue weighted by molar-refractivity contribution is -0.136. The second-order valence-electron chi connectivity index (χ2n) is 5.42. The van der Waals surface area contributed by atoms with Crippen molar-refractivity contribution in [1.82, 2.24) is 0 Å². The number of nitrogens with zero attached hydrogens (tertiary/aromatic N) is 1. The number of halogens is 1. The van der Waals surface area contributed by atoms with Gasteiger partial charge in [-0.25, -0.2) is 4.79 Å². The molecule has 0 amide bonds. The standard InChI is InChI=1S/C19H16ClNO4/c1-12-15(19(22)25-21-12)8-14-9-16(20)18(17(10-14)23-2)24-11-13-6-4-3-5-7-13/h3-10H,11H2,1-2H3. The molecule has 1 aliphatic heterocycles. The minimum absolute atomic E-state index is 0.370. The Hall–Kier alpha value is -2.79. The Kier molecular flexibility index (Phi) is 5.05. The smallest absolute Gasteiger partial charge is 0.367 e. The monoisotopic (exact) mass is 357 g/mol. The molecule has 2 aromatic rings. The van der Waals surface area contributed by atoms with Crippen molar-refractivity contribution in [2.75, 3.05) is 7.11 Å². The summed E-state index contributed by atoms with van der Waals surface area (Å²) >= 11 is 6.36. The fourth-order valence-electron chi connectivity index (χ4n) is 2.38. The molecule has 0 unspecified atom stereocenters. The number of benzene rings is 2. The van der Waals surface area contributed by atoms with E-state index in [4.69, 9.17) is 21.1 Å². The number of hydrogen-bond donors (Lipinski definition) is 0. The molecular weight excluding hydrogens is 342 g/mol. The quantitative estimate of drug-likeness (QED) is 0.593. The van der Waals surface area contributed by atoms with Crippen LogP contribution in [-0.4, -0.2) is 18.8 Å². The molecule has 0 saturated heterocycles. The number of oxime groups is 1. The maximum absolute atomic E-state index is 11.7. The summed E-state index contributed by atoms with van der Waals surface area (Å²) in [6.07, 6.45) is 1.66. The van der Waals surface area contributed by atoms with Crippen LogP contribution in [0.4, 0.5) is 0 Å². The van der Waals surface area contributed by atoms with E-state index in [1.165, 1.54) is 7.11 Å². The predicted octanol–water partition coefficient (Wildman–Crippen LogP) is 4.24. The Labute approximate surface area is 150 Å². The highest BCUT2D eigenvalue weighted by atomic mass is 35.5. The van der Waals surface area contributed by atoms with Gasteiger partial charge in [-0.2, -0.15) is 0 Å². The van der Waals surface area contributed by atoms with Crippen molar-refractivity contribution in [2.45, 2.75) is 13.5 Å². The van der Waals surface area contributed by atoms with Crippen LogP contribution in [0.3, 0.4) is 0 Å². The number of rotatable bonds is 5. The number of hydrogen-bond acceptors (Lipinski definition) is 5. The summed E-state index contributed by atoms with van der Waals surface area (Å²) < 4.78 is 11.2. The first kappa shape index (κ1) is 17.0. The molecule has 0 N–H and O–H groups in total. The maximum Gasteiger partial charge on any atom is 0.367 e. The lowest BCUT2D eigenvalue weighted by Gasteiger charge is -2.13. The minimum atomic E-state index is -0.489. The summed E-state index contributed by atoms with van der Waals surface area (Å²) in [5.41, 5.74) is 2.62. The SMILES string of the molecule is COc1cc(C=C2C(=O)ON=C2C)cc(Cl)c1OCc1ccccc1. The van der Waals surface area contributed by atoms with E-state index >= 15 is 0 Å². The zero-order valence-corrected chi connectivity index (χ0v) is 14.5. The van der Waals surface area contributed by atoms with E-state index in [0.717, 1.165) is 5.56 Å². The molecule has 0 aromatic heterocycles. The lowest BCUT2D eigenvalue weighted by Crippen LogP contribution is -2.02. The van der Waals surface area contributed by atoms with E-state index in [0.29, 0.717) is 40.0 Å². The summed E-state index contributed by atoms with van der Waals surface area (Å²) in [6.45, 7) is 2.07. The van der Waals surface area contributed by atoms with E-state index in [1.54, 1.807) is 25.1 Å². The second-order valence-corrected chi connectivity index (χ2v) is 5.83. The molecule has 0 bridgehead atoms. The van der Waals surface area contributed by atoms with Crippen molar-refractivity contribution in [3.05, 3.63) is 64.2 Å². The normalized spacial score (nSPS) is 15.1. The highest BCUT2D eigenvalue weighted by Crippen LogP contribution is 2.37. The molecule has 25 heavy (non-hydrogen) atoms. The summed E-state index contributed by atoms with van der Waals surface area (Å²) in [4.78, 5) is 16.3. The number of carbonyl (C=O) groups excluding carboxylic acids is 1. The van der Waals surface area contributed by atoms with Gasteiger partial charge in [-0.3, -0.25) is 0 Å². The van der Waals surface area contributed by atoms with E-state index in [-0.39, 0.29) is 0 Å². The van der Waals surface area contributed by atoms with Crippen molar-refractivity contribution in [2.24, 2.45) is 5.16 Å². The highest BCUT2D eigenvalue weighted by Gasteiger charge is 2.22. The van der Waals surface area contributed by atoms with Gasteiger partial charge in [0, 0.05) is 0 Å². The van der Waals surface area contributed by atoms with Gasteiger partial charge in [0.15, 0.2) is 11.5 Å². The molecule has 1 aliphatic rings. The van der Waals surface area contributed by atoms with Crippen LogP contribution in [0.5, 0.6) is 11.5 Å². The van der Waals surface area contributed by atoms with Crippen LogP contribution in [0.15, 0.2) is 53.2 Å². The van der Waals surface area contributed by atoms with Gasteiger partial charge in [-0.1, -0.05) is 47.1 Å². The maximum atomic E-state index is 11.7. The van der Waals surface area contributed by atoms with Crippen molar-refractivity contribution in [1.29, 1.82) is 0 Å². The van der Waals surface area contributed by atoms with Gasteiger partial charge < -0.3 is 14.3 Å². The van der Waals surface area contributed by atoms with E-state index < -0.39 is 5.97 Å². The number of ether oxygens (including phenoxy) is 2. The van der Waals surface area contributed by atoms with Crippen LogP contribution in [0.25, 0.3) is 6.08 Å². The highest BCUT2D eigenvalue weighted by molar-refractivity contribution is 6.32. The third kappa shape index (κ3) is 3.83. The van der Waals surface area contributed by atoms with Crippen molar-refractivity contribution in [3.63, 3.8) is 0 Å². The Morgan fingerprint density at radius 3 is 2.64 bits per heavy atom. The number of methoxy groups -OCH3 is 1. The third-order valence-electron chi connectivity index (χ3n) is 3.66. The molecule has 0 spiro atoms. The fraction of sp³-hybridized carbons (Fsp3) is 0.158. The van der Waals surface area contributed by atoms with E-state index in [1.807, 2.05) is 30.3 Å². The molecule has 2 aromatic carbocycles. The number of carbonyl (C=O) groups is 1. The van der Waals surface area contributed by atoms with Crippen LogP contribution in [0.2, 0.25) is 5.02 Å². The summed E-state index contributed by atoms with van der Waals surface area (Å²) in [5, 5.41) is 4.04. The summed E-state index contributed by atoms with van der Waals surface area (Å²) in [6, 6.07) is 13.2.